The van der Waals surface area contributed by atoms with Crippen LogP contribution in [-0.2, 0) is 23.4 Å². The van der Waals surface area contributed by atoms with Crippen molar-refractivity contribution in [2.24, 2.45) is 0 Å². The number of hydrogen-bond donors (Lipinski definition) is 3. The SMILES string of the molecule is CC(C)(C)OC(=O)NCCNCc1ccc(OCC(O)(Cn2ccnc2)c2ccc(F)cc2F)cc1. The van der Waals surface area contributed by atoms with Crippen LogP contribution in [0.3, 0.4) is 0 Å². The van der Waals surface area contributed by atoms with Crippen LogP contribution in [0.4, 0.5) is 13.6 Å². The van der Waals surface area contributed by atoms with Crippen molar-refractivity contribution in [1.29, 1.82) is 0 Å². The van der Waals surface area contributed by atoms with E-state index in [0.717, 1.165) is 17.7 Å². The van der Waals surface area contributed by atoms with E-state index in [2.05, 4.69) is 15.6 Å². The molecule has 1 unspecified atom stereocenters. The number of aromatic nitrogens is 2. The minimum Gasteiger partial charge on any atom is -0.490 e. The summed E-state index contributed by atoms with van der Waals surface area (Å²) in [5, 5.41) is 17.2. The molecule has 3 aromatic rings. The molecule has 3 N–H and O–H groups in total. The zero-order chi connectivity index (χ0) is 26.2. The molecule has 1 amide bonds. The molecule has 1 aromatic heterocycles. The van der Waals surface area contributed by atoms with Gasteiger partial charge in [0.15, 0.2) is 0 Å². The van der Waals surface area contributed by atoms with Gasteiger partial charge in [-0.3, -0.25) is 0 Å². The van der Waals surface area contributed by atoms with Crippen molar-refractivity contribution in [3.8, 4) is 5.75 Å². The van der Waals surface area contributed by atoms with E-state index in [-0.39, 0.29) is 18.7 Å². The summed E-state index contributed by atoms with van der Waals surface area (Å²) in [6.45, 7) is 6.67. The number of alkyl carbamates (subject to hydrolysis) is 1. The van der Waals surface area contributed by atoms with Crippen LogP contribution in [0.1, 0.15) is 31.9 Å². The molecule has 0 spiro atoms. The highest BCUT2D eigenvalue weighted by atomic mass is 19.1. The smallest absolute Gasteiger partial charge is 0.407 e. The molecule has 1 heterocycles. The second-order valence-corrected chi connectivity index (χ2v) is 9.43. The number of carbonyl (C=O) groups excluding carboxylic acids is 1. The predicted octanol–water partition coefficient (Wildman–Crippen LogP) is 3.74. The Morgan fingerprint density at radius 2 is 1.86 bits per heavy atom. The molecule has 0 aliphatic heterocycles. The Bertz CT molecular complexity index is 1120. The summed E-state index contributed by atoms with van der Waals surface area (Å²) >= 11 is 0. The third-order valence-corrected chi connectivity index (χ3v) is 5.14. The van der Waals surface area contributed by atoms with Gasteiger partial charge in [0.1, 0.15) is 35.2 Å². The fourth-order valence-electron chi connectivity index (χ4n) is 3.46. The number of benzene rings is 2. The Balaban J connectivity index is 1.53. The zero-order valence-corrected chi connectivity index (χ0v) is 20.6. The summed E-state index contributed by atoms with van der Waals surface area (Å²) in [7, 11) is 0. The quantitative estimate of drug-likeness (QED) is 0.346. The first-order valence-electron chi connectivity index (χ1n) is 11.6. The Kier molecular flexibility index (Phi) is 9.00. The van der Waals surface area contributed by atoms with Crippen LogP contribution >= 0.6 is 0 Å². The van der Waals surface area contributed by atoms with Crippen LogP contribution in [0.5, 0.6) is 5.75 Å². The highest BCUT2D eigenvalue weighted by Gasteiger charge is 2.34. The lowest BCUT2D eigenvalue weighted by Crippen LogP contribution is -2.38. The third-order valence-electron chi connectivity index (χ3n) is 5.14. The van der Waals surface area contributed by atoms with Crippen molar-refractivity contribution in [3.05, 3.63) is 83.9 Å². The van der Waals surface area contributed by atoms with Crippen LogP contribution in [0.25, 0.3) is 0 Å². The number of hydrogen-bond acceptors (Lipinski definition) is 6. The lowest BCUT2D eigenvalue weighted by molar-refractivity contribution is -0.0271. The topological polar surface area (TPSA) is 97.6 Å². The van der Waals surface area contributed by atoms with E-state index in [1.54, 1.807) is 49.9 Å². The molecule has 0 aliphatic rings. The molecule has 194 valence electrons. The summed E-state index contributed by atoms with van der Waals surface area (Å²) in [5.41, 5.74) is -1.39. The summed E-state index contributed by atoms with van der Waals surface area (Å²) < 4.78 is 40.5. The molecular formula is C26H32F2N4O4. The first-order chi connectivity index (χ1) is 17.0. The minimum atomic E-state index is -1.76. The Labute approximate surface area is 209 Å². The average Bonchev–Trinajstić information content (AvgIpc) is 3.30. The molecule has 10 heteroatoms. The summed E-state index contributed by atoms with van der Waals surface area (Å²) in [6.07, 6.45) is 4.22. The van der Waals surface area contributed by atoms with Gasteiger partial charge in [-0.15, -0.1) is 0 Å². The molecular weight excluding hydrogens is 470 g/mol. The zero-order valence-electron chi connectivity index (χ0n) is 20.6. The van der Waals surface area contributed by atoms with Crippen molar-refractivity contribution < 1.29 is 28.2 Å². The number of nitrogens with one attached hydrogen (secondary N) is 2. The second-order valence-electron chi connectivity index (χ2n) is 9.43. The number of imidazole rings is 1. The van der Waals surface area contributed by atoms with E-state index in [9.17, 15) is 18.7 Å². The van der Waals surface area contributed by atoms with E-state index in [1.807, 2.05) is 12.1 Å². The van der Waals surface area contributed by atoms with Gasteiger partial charge in [-0.2, -0.15) is 0 Å². The van der Waals surface area contributed by atoms with Gasteiger partial charge < -0.3 is 29.8 Å². The molecule has 36 heavy (non-hydrogen) atoms. The molecule has 0 saturated carbocycles. The van der Waals surface area contributed by atoms with E-state index < -0.39 is 28.9 Å². The van der Waals surface area contributed by atoms with Crippen molar-refractivity contribution in [2.75, 3.05) is 19.7 Å². The summed E-state index contributed by atoms with van der Waals surface area (Å²) in [4.78, 5) is 15.6. The first kappa shape index (κ1) is 27.1. The van der Waals surface area contributed by atoms with Crippen LogP contribution in [0.2, 0.25) is 0 Å². The lowest BCUT2D eigenvalue weighted by Gasteiger charge is -2.29. The molecule has 0 bridgehead atoms. The van der Waals surface area contributed by atoms with Gasteiger partial charge in [-0.1, -0.05) is 18.2 Å². The van der Waals surface area contributed by atoms with Gasteiger partial charge in [0.25, 0.3) is 0 Å². The van der Waals surface area contributed by atoms with Gasteiger partial charge in [0.05, 0.1) is 12.9 Å². The fraction of sp³-hybridized carbons (Fsp3) is 0.385. The molecule has 0 fully saturated rings. The number of halogens is 2. The summed E-state index contributed by atoms with van der Waals surface area (Å²) in [5.74, 6) is -1.10. The number of aliphatic hydroxyl groups is 1. The number of rotatable bonds is 11. The molecule has 0 aliphatic carbocycles. The minimum absolute atomic E-state index is 0.0329. The molecule has 0 saturated heterocycles. The number of ether oxygens (including phenoxy) is 2. The first-order valence-corrected chi connectivity index (χ1v) is 11.6. The van der Waals surface area contributed by atoms with Crippen molar-refractivity contribution in [1.82, 2.24) is 20.2 Å². The average molecular weight is 503 g/mol. The van der Waals surface area contributed by atoms with Gasteiger partial charge in [0.2, 0.25) is 0 Å². The summed E-state index contributed by atoms with van der Waals surface area (Å²) in [6, 6.07) is 10.3. The van der Waals surface area contributed by atoms with E-state index in [4.69, 9.17) is 9.47 Å². The van der Waals surface area contributed by atoms with Crippen molar-refractivity contribution in [3.63, 3.8) is 0 Å². The monoisotopic (exact) mass is 502 g/mol. The van der Waals surface area contributed by atoms with Gasteiger partial charge in [-0.05, 0) is 44.5 Å². The normalized spacial score (nSPS) is 13.2. The second kappa shape index (κ2) is 12.0. The van der Waals surface area contributed by atoms with Crippen LogP contribution in [0.15, 0.2) is 61.2 Å². The number of amides is 1. The predicted molar refractivity (Wildman–Crippen MR) is 130 cm³/mol. The maximum Gasteiger partial charge on any atom is 0.407 e. The largest absolute Gasteiger partial charge is 0.490 e. The standard InChI is InChI=1S/C26H32F2N4O4/c1-25(2,3)36-24(33)31-11-10-29-15-19-4-7-21(8-5-19)35-17-26(34,16-32-13-12-30-18-32)22-9-6-20(27)14-23(22)28/h4-9,12-14,18,29,34H,10-11,15-17H2,1-3H3,(H,31,33). The molecule has 1 atom stereocenters. The molecule has 8 nitrogen and oxygen atoms in total. The van der Waals surface area contributed by atoms with Gasteiger partial charge in [0, 0.05) is 43.7 Å². The molecule has 2 aromatic carbocycles. The number of nitrogens with zero attached hydrogens (tertiary/aromatic N) is 2. The maximum absolute atomic E-state index is 14.5. The fourth-order valence-corrected chi connectivity index (χ4v) is 3.46. The van der Waals surface area contributed by atoms with E-state index >= 15 is 0 Å². The van der Waals surface area contributed by atoms with Gasteiger partial charge in [-0.25, -0.2) is 18.6 Å². The van der Waals surface area contributed by atoms with Crippen LogP contribution in [0, 0.1) is 11.6 Å². The Morgan fingerprint density at radius 3 is 2.50 bits per heavy atom. The van der Waals surface area contributed by atoms with E-state index in [0.29, 0.717) is 25.4 Å². The Hall–Kier alpha value is -3.50. The highest BCUT2D eigenvalue weighted by Crippen LogP contribution is 2.28. The lowest BCUT2D eigenvalue weighted by atomic mass is 9.93. The molecule has 3 rings (SSSR count). The Morgan fingerprint density at radius 1 is 1.11 bits per heavy atom. The van der Waals surface area contributed by atoms with Crippen molar-refractivity contribution >= 4 is 6.09 Å². The van der Waals surface area contributed by atoms with Crippen LogP contribution in [-0.4, -0.2) is 46.0 Å². The van der Waals surface area contributed by atoms with Crippen molar-refractivity contribution in [2.45, 2.75) is 45.1 Å². The third kappa shape index (κ3) is 8.31. The molecule has 0 radical (unpaired) electrons. The van der Waals surface area contributed by atoms with Crippen LogP contribution < -0.4 is 15.4 Å². The maximum atomic E-state index is 14.5. The van der Waals surface area contributed by atoms with Gasteiger partial charge >= 0.3 is 6.09 Å². The van der Waals surface area contributed by atoms with E-state index in [1.165, 1.54) is 12.4 Å². The number of carbonyl (C=O) groups is 1. The highest BCUT2D eigenvalue weighted by molar-refractivity contribution is 5.67.